The van der Waals surface area contributed by atoms with Crippen molar-refractivity contribution in [3.8, 4) is 0 Å². The van der Waals surface area contributed by atoms with Crippen molar-refractivity contribution >= 4 is 21.7 Å². The summed E-state index contributed by atoms with van der Waals surface area (Å²) < 4.78 is 5.55. The fraction of sp³-hybridized carbons (Fsp3) is 0.214. The van der Waals surface area contributed by atoms with Crippen LogP contribution < -0.4 is 0 Å². The molecule has 0 unspecified atom stereocenters. The highest BCUT2D eigenvalue weighted by Gasteiger charge is 2.14. The monoisotopic (exact) mass is 292 g/mol. The van der Waals surface area contributed by atoms with E-state index in [1.807, 2.05) is 24.3 Å². The molecule has 0 fully saturated rings. The highest BCUT2D eigenvalue weighted by molar-refractivity contribution is 9.10. The molecule has 0 atom stereocenters. The number of benzene rings is 1. The Hall–Kier alpha value is -1.35. The lowest BCUT2D eigenvalue weighted by Crippen LogP contribution is -2.00. The van der Waals surface area contributed by atoms with E-state index in [9.17, 15) is 4.79 Å². The van der Waals surface area contributed by atoms with E-state index in [1.54, 1.807) is 6.07 Å². The van der Waals surface area contributed by atoms with Crippen molar-refractivity contribution in [3.63, 3.8) is 0 Å². The average Bonchev–Trinajstić information content (AvgIpc) is 2.74. The van der Waals surface area contributed by atoms with Gasteiger partial charge in [-0.1, -0.05) is 38.1 Å². The Kier molecular flexibility index (Phi) is 3.48. The summed E-state index contributed by atoms with van der Waals surface area (Å²) in [6.45, 7) is 4.26. The zero-order valence-corrected chi connectivity index (χ0v) is 11.3. The second kappa shape index (κ2) is 4.88. The van der Waals surface area contributed by atoms with Crippen LogP contribution in [0, 0.1) is 0 Å². The van der Waals surface area contributed by atoms with E-state index in [4.69, 9.17) is 4.42 Å². The third kappa shape index (κ3) is 2.50. The van der Waals surface area contributed by atoms with Crippen LogP contribution >= 0.6 is 15.9 Å². The number of furan rings is 1. The zero-order chi connectivity index (χ0) is 12.4. The molecular weight excluding hydrogens is 280 g/mol. The van der Waals surface area contributed by atoms with Crippen LogP contribution in [-0.4, -0.2) is 5.78 Å². The molecule has 2 aromatic rings. The molecule has 0 bridgehead atoms. The van der Waals surface area contributed by atoms with Gasteiger partial charge >= 0.3 is 0 Å². The maximum Gasteiger partial charge on any atom is 0.197 e. The molecule has 0 amide bonds. The van der Waals surface area contributed by atoms with Crippen LogP contribution in [-0.2, 0) is 0 Å². The van der Waals surface area contributed by atoms with Gasteiger partial charge in [-0.3, -0.25) is 4.79 Å². The molecule has 2 rings (SSSR count). The van der Waals surface area contributed by atoms with Gasteiger partial charge in [0.1, 0.15) is 0 Å². The fourth-order valence-corrected chi connectivity index (χ4v) is 2.05. The second-order valence-electron chi connectivity index (χ2n) is 4.21. The first-order valence-corrected chi connectivity index (χ1v) is 6.26. The van der Waals surface area contributed by atoms with Crippen molar-refractivity contribution in [1.82, 2.24) is 0 Å². The first kappa shape index (κ1) is 12.1. The van der Waals surface area contributed by atoms with Crippen molar-refractivity contribution in [1.29, 1.82) is 0 Å². The third-order valence-electron chi connectivity index (χ3n) is 2.70. The lowest BCUT2D eigenvalue weighted by Gasteiger charge is -2.05. The van der Waals surface area contributed by atoms with E-state index >= 15 is 0 Å². The molecule has 0 spiro atoms. The molecule has 1 aromatic carbocycles. The van der Waals surface area contributed by atoms with Crippen molar-refractivity contribution in [2.24, 2.45) is 0 Å². The van der Waals surface area contributed by atoms with Crippen LogP contribution in [0.2, 0.25) is 0 Å². The molecule has 1 heterocycles. The normalized spacial score (nSPS) is 10.8. The van der Waals surface area contributed by atoms with E-state index < -0.39 is 0 Å². The summed E-state index contributed by atoms with van der Waals surface area (Å²) in [4.78, 5) is 12.1. The molecule has 88 valence electrons. The topological polar surface area (TPSA) is 30.2 Å². The van der Waals surface area contributed by atoms with Gasteiger partial charge in [0.2, 0.25) is 0 Å². The molecule has 0 saturated heterocycles. The minimum atomic E-state index is -0.0269. The van der Waals surface area contributed by atoms with E-state index in [2.05, 4.69) is 29.8 Å². The Balaban J connectivity index is 2.29. The minimum absolute atomic E-state index is 0.0269. The first-order chi connectivity index (χ1) is 8.09. The molecule has 0 radical (unpaired) electrons. The molecule has 2 nitrogen and oxygen atoms in total. The Morgan fingerprint density at radius 3 is 2.29 bits per heavy atom. The summed E-state index contributed by atoms with van der Waals surface area (Å²) in [5.41, 5.74) is 2.46. The van der Waals surface area contributed by atoms with Gasteiger partial charge in [0, 0.05) is 5.56 Å². The quantitative estimate of drug-likeness (QED) is 0.785. The van der Waals surface area contributed by atoms with Crippen LogP contribution in [0.5, 0.6) is 0 Å². The Labute approximate surface area is 109 Å². The van der Waals surface area contributed by atoms with E-state index in [1.165, 1.54) is 11.8 Å². The largest absolute Gasteiger partial charge is 0.457 e. The molecule has 17 heavy (non-hydrogen) atoms. The van der Waals surface area contributed by atoms with Crippen LogP contribution in [0.4, 0.5) is 0 Å². The summed E-state index contributed by atoms with van der Waals surface area (Å²) in [5.74, 6) is 0.445. The number of halogens is 1. The molecule has 0 aliphatic rings. The Morgan fingerprint density at radius 1 is 1.18 bits per heavy atom. The van der Waals surface area contributed by atoms with Gasteiger partial charge in [0.25, 0.3) is 0 Å². The third-order valence-corrected chi connectivity index (χ3v) is 3.32. The fourth-order valence-electron chi connectivity index (χ4n) is 1.63. The predicted octanol–water partition coefficient (Wildman–Crippen LogP) is 4.40. The number of hydrogen-bond acceptors (Lipinski definition) is 2. The van der Waals surface area contributed by atoms with Crippen molar-refractivity contribution < 1.29 is 9.21 Å². The van der Waals surface area contributed by atoms with Gasteiger partial charge in [-0.05, 0) is 33.5 Å². The molecular formula is C14H13BrO2. The van der Waals surface area contributed by atoms with E-state index in [-0.39, 0.29) is 5.78 Å². The summed E-state index contributed by atoms with van der Waals surface area (Å²) in [6, 6.07) is 9.37. The Bertz CT molecular complexity index is 523. The molecule has 3 heteroatoms. The summed E-state index contributed by atoms with van der Waals surface area (Å²) in [7, 11) is 0. The number of ketones is 1. The molecule has 1 aromatic heterocycles. The highest BCUT2D eigenvalue weighted by Crippen LogP contribution is 2.22. The van der Waals surface area contributed by atoms with Crippen molar-refractivity contribution in [3.05, 3.63) is 58.0 Å². The Morgan fingerprint density at radius 2 is 1.82 bits per heavy atom. The molecule has 0 aliphatic carbocycles. The first-order valence-electron chi connectivity index (χ1n) is 5.47. The number of carbonyl (C=O) groups excluding carboxylic acids is 1. The van der Waals surface area contributed by atoms with Crippen LogP contribution in [0.25, 0.3) is 0 Å². The van der Waals surface area contributed by atoms with Crippen molar-refractivity contribution in [2.45, 2.75) is 19.8 Å². The van der Waals surface area contributed by atoms with E-state index in [0.717, 1.165) is 0 Å². The predicted molar refractivity (Wildman–Crippen MR) is 70.4 cm³/mol. The zero-order valence-electron chi connectivity index (χ0n) is 9.74. The summed E-state index contributed by atoms with van der Waals surface area (Å²) >= 11 is 3.21. The number of carbonyl (C=O) groups is 1. The number of rotatable bonds is 3. The van der Waals surface area contributed by atoms with Gasteiger partial charge in [-0.15, -0.1) is 0 Å². The smallest absolute Gasteiger partial charge is 0.197 e. The summed E-state index contributed by atoms with van der Waals surface area (Å²) in [6.07, 6.45) is 1.50. The van der Waals surface area contributed by atoms with Crippen LogP contribution in [0.1, 0.15) is 41.3 Å². The van der Waals surface area contributed by atoms with Gasteiger partial charge in [0.05, 0.1) is 11.8 Å². The standard InChI is InChI=1S/C14H13BrO2/c1-9(2)10-3-5-11(6-4-10)13(16)12-7-8-17-14(12)15/h3-9H,1-2H3. The average molecular weight is 293 g/mol. The van der Waals surface area contributed by atoms with Crippen LogP contribution in [0.15, 0.2) is 45.7 Å². The van der Waals surface area contributed by atoms with Crippen molar-refractivity contribution in [2.75, 3.05) is 0 Å². The molecule has 0 saturated carbocycles. The number of hydrogen-bond donors (Lipinski definition) is 0. The summed E-state index contributed by atoms with van der Waals surface area (Å²) in [5, 5.41) is 0. The highest BCUT2D eigenvalue weighted by atomic mass is 79.9. The molecule has 0 N–H and O–H groups in total. The lowest BCUT2D eigenvalue weighted by atomic mass is 9.99. The van der Waals surface area contributed by atoms with Crippen LogP contribution in [0.3, 0.4) is 0 Å². The minimum Gasteiger partial charge on any atom is -0.457 e. The van der Waals surface area contributed by atoms with Gasteiger partial charge in [-0.2, -0.15) is 0 Å². The van der Waals surface area contributed by atoms with E-state index in [0.29, 0.717) is 21.7 Å². The second-order valence-corrected chi connectivity index (χ2v) is 4.93. The van der Waals surface area contributed by atoms with Gasteiger partial charge < -0.3 is 4.42 Å². The van der Waals surface area contributed by atoms with Gasteiger partial charge in [-0.25, -0.2) is 0 Å². The SMILES string of the molecule is CC(C)c1ccc(C(=O)c2ccoc2Br)cc1. The maximum absolute atomic E-state index is 12.1. The lowest BCUT2D eigenvalue weighted by molar-refractivity contribution is 0.103. The molecule has 0 aliphatic heterocycles. The maximum atomic E-state index is 12.1. The van der Waals surface area contributed by atoms with Gasteiger partial charge in [0.15, 0.2) is 10.5 Å².